The molecule has 6 heteroatoms. The Kier molecular flexibility index (Phi) is 5.99. The summed E-state index contributed by atoms with van der Waals surface area (Å²) >= 11 is 0. The molecule has 0 saturated carbocycles. The molecule has 0 aliphatic heterocycles. The van der Waals surface area contributed by atoms with Gasteiger partial charge in [0.05, 0.1) is 12.6 Å². The quantitative estimate of drug-likeness (QED) is 0.500. The Morgan fingerprint density at radius 2 is 2.15 bits per heavy atom. The Labute approximate surface area is 75.0 Å². The summed E-state index contributed by atoms with van der Waals surface area (Å²) in [6.07, 6.45) is -0.0762. The van der Waals surface area contributed by atoms with Crippen molar-refractivity contribution in [1.29, 1.82) is 0 Å². The Bertz CT molecular complexity index is 185. The highest BCUT2D eigenvalue weighted by molar-refractivity contribution is 5.77. The van der Waals surface area contributed by atoms with Crippen LogP contribution in [0.4, 0.5) is 8.78 Å². The molecule has 1 unspecified atom stereocenters. The summed E-state index contributed by atoms with van der Waals surface area (Å²) in [6.45, 7) is 0.0468. The van der Waals surface area contributed by atoms with Gasteiger partial charge in [0.25, 0.3) is 6.43 Å². The summed E-state index contributed by atoms with van der Waals surface area (Å²) in [5.41, 5.74) is 9.97. The fourth-order valence-electron chi connectivity index (χ4n) is 0.554. The number of halogens is 2. The molecule has 0 aromatic heterocycles. The molecule has 0 aromatic rings. The minimum Gasteiger partial charge on any atom is -0.352 e. The van der Waals surface area contributed by atoms with Crippen LogP contribution in [-0.4, -0.2) is 31.5 Å². The summed E-state index contributed by atoms with van der Waals surface area (Å²) in [7, 11) is 0. The third-order valence-corrected chi connectivity index (χ3v) is 1.25. The zero-order valence-electron chi connectivity index (χ0n) is 7.04. The van der Waals surface area contributed by atoms with Crippen molar-refractivity contribution < 1.29 is 13.6 Å². The molecule has 0 spiro atoms. The van der Waals surface area contributed by atoms with E-state index < -0.39 is 12.5 Å². The van der Waals surface area contributed by atoms with Crippen molar-refractivity contribution in [2.45, 2.75) is 12.5 Å². The molecule has 1 atom stereocenters. The number of amides is 1. The molecule has 4 nitrogen and oxygen atoms in total. The van der Waals surface area contributed by atoms with E-state index in [0.29, 0.717) is 0 Å². The smallest absolute Gasteiger partial charge is 0.256 e. The van der Waals surface area contributed by atoms with Crippen molar-refractivity contribution in [2.75, 3.05) is 13.1 Å². The van der Waals surface area contributed by atoms with Crippen LogP contribution in [0.3, 0.4) is 0 Å². The molecule has 0 radical (unpaired) electrons. The van der Waals surface area contributed by atoms with Crippen molar-refractivity contribution in [3.63, 3.8) is 0 Å². The normalized spacial score (nSPS) is 13.6. The van der Waals surface area contributed by atoms with E-state index in [4.69, 9.17) is 11.5 Å². The summed E-state index contributed by atoms with van der Waals surface area (Å²) in [5.74, 6) is -0.338. The molecule has 0 bridgehead atoms. The maximum atomic E-state index is 11.8. The highest BCUT2D eigenvalue weighted by Gasteiger charge is 2.10. The Morgan fingerprint density at radius 3 is 2.62 bits per heavy atom. The predicted molar refractivity (Wildman–Crippen MR) is 45.2 cm³/mol. The van der Waals surface area contributed by atoms with Crippen LogP contribution in [0.25, 0.3) is 0 Å². The first kappa shape index (κ1) is 12.0. The number of hydrogen-bond acceptors (Lipinski definition) is 3. The van der Waals surface area contributed by atoms with Gasteiger partial charge in [0.15, 0.2) is 0 Å². The average Bonchev–Trinajstić information content (AvgIpc) is 2.11. The lowest BCUT2D eigenvalue weighted by Gasteiger charge is -2.03. The third kappa shape index (κ3) is 6.18. The SMILES string of the molecule is NCC(=O)NC/C=C/C(N)C(F)F. The van der Waals surface area contributed by atoms with Gasteiger partial charge in [0, 0.05) is 6.54 Å². The van der Waals surface area contributed by atoms with Gasteiger partial charge in [-0.3, -0.25) is 4.79 Å². The number of nitrogens with one attached hydrogen (secondary N) is 1. The molecule has 0 saturated heterocycles. The first-order valence-corrected chi connectivity index (χ1v) is 3.75. The monoisotopic (exact) mass is 193 g/mol. The molecular weight excluding hydrogens is 180 g/mol. The maximum absolute atomic E-state index is 11.8. The van der Waals surface area contributed by atoms with E-state index in [-0.39, 0.29) is 19.0 Å². The third-order valence-electron chi connectivity index (χ3n) is 1.25. The van der Waals surface area contributed by atoms with Gasteiger partial charge in [-0.25, -0.2) is 8.78 Å². The van der Waals surface area contributed by atoms with Crippen LogP contribution >= 0.6 is 0 Å². The number of carbonyl (C=O) groups excluding carboxylic acids is 1. The fourth-order valence-corrected chi connectivity index (χ4v) is 0.554. The first-order valence-electron chi connectivity index (χ1n) is 3.75. The van der Waals surface area contributed by atoms with Crippen LogP contribution in [0.2, 0.25) is 0 Å². The lowest BCUT2D eigenvalue weighted by Crippen LogP contribution is -2.31. The Hall–Kier alpha value is -1.01. The number of nitrogens with two attached hydrogens (primary N) is 2. The number of hydrogen-bond donors (Lipinski definition) is 3. The number of alkyl halides is 2. The molecule has 0 rings (SSSR count). The maximum Gasteiger partial charge on any atom is 0.256 e. The standard InChI is InChI=1S/C7H13F2N3O/c8-7(9)5(11)2-1-3-12-6(13)4-10/h1-2,5,7H,3-4,10-11H2,(H,12,13)/b2-1+. The van der Waals surface area contributed by atoms with Gasteiger partial charge < -0.3 is 16.8 Å². The van der Waals surface area contributed by atoms with E-state index in [1.165, 1.54) is 6.08 Å². The molecule has 0 fully saturated rings. The molecular formula is C7H13F2N3O. The van der Waals surface area contributed by atoms with Gasteiger partial charge in [0.2, 0.25) is 5.91 Å². The molecule has 5 N–H and O–H groups in total. The molecule has 1 amide bonds. The Balaban J connectivity index is 3.57. The predicted octanol–water partition coefficient (Wildman–Crippen LogP) is -0.790. The van der Waals surface area contributed by atoms with E-state index in [0.717, 1.165) is 6.08 Å². The van der Waals surface area contributed by atoms with Crippen molar-refractivity contribution in [3.05, 3.63) is 12.2 Å². The second-order valence-corrected chi connectivity index (χ2v) is 2.35. The van der Waals surface area contributed by atoms with Crippen LogP contribution < -0.4 is 16.8 Å². The van der Waals surface area contributed by atoms with Crippen LogP contribution in [0, 0.1) is 0 Å². The highest BCUT2D eigenvalue weighted by atomic mass is 19.3. The van der Waals surface area contributed by atoms with Gasteiger partial charge in [-0.2, -0.15) is 0 Å². The lowest BCUT2D eigenvalue weighted by atomic mass is 10.3. The topological polar surface area (TPSA) is 81.1 Å². The zero-order valence-corrected chi connectivity index (χ0v) is 7.04. The summed E-state index contributed by atoms with van der Waals surface area (Å²) < 4.78 is 23.6. The lowest BCUT2D eigenvalue weighted by molar-refractivity contribution is -0.119. The summed E-state index contributed by atoms with van der Waals surface area (Å²) in [6, 6.07) is -1.28. The van der Waals surface area contributed by atoms with E-state index in [1.807, 2.05) is 0 Å². The second kappa shape index (κ2) is 6.50. The molecule has 76 valence electrons. The summed E-state index contributed by atoms with van der Waals surface area (Å²) in [5, 5.41) is 2.38. The van der Waals surface area contributed by atoms with Gasteiger partial charge in [-0.15, -0.1) is 0 Å². The second-order valence-electron chi connectivity index (χ2n) is 2.35. The van der Waals surface area contributed by atoms with E-state index in [9.17, 15) is 13.6 Å². The van der Waals surface area contributed by atoms with Crippen molar-refractivity contribution in [1.82, 2.24) is 5.32 Å². The minimum atomic E-state index is -2.58. The van der Waals surface area contributed by atoms with Crippen LogP contribution in [0.15, 0.2) is 12.2 Å². The molecule has 0 aliphatic rings. The van der Waals surface area contributed by atoms with Crippen molar-refractivity contribution in [2.24, 2.45) is 11.5 Å². The molecule has 0 aliphatic carbocycles. The Morgan fingerprint density at radius 1 is 1.54 bits per heavy atom. The van der Waals surface area contributed by atoms with Crippen molar-refractivity contribution in [3.8, 4) is 0 Å². The summed E-state index contributed by atoms with van der Waals surface area (Å²) in [4.78, 5) is 10.5. The van der Waals surface area contributed by atoms with E-state index in [1.54, 1.807) is 0 Å². The van der Waals surface area contributed by atoms with Gasteiger partial charge >= 0.3 is 0 Å². The number of carbonyl (C=O) groups is 1. The highest BCUT2D eigenvalue weighted by Crippen LogP contribution is 1.97. The fraction of sp³-hybridized carbons (Fsp3) is 0.571. The van der Waals surface area contributed by atoms with Crippen LogP contribution in [0.1, 0.15) is 0 Å². The van der Waals surface area contributed by atoms with Gasteiger partial charge in [0.1, 0.15) is 0 Å². The van der Waals surface area contributed by atoms with Crippen LogP contribution in [0.5, 0.6) is 0 Å². The van der Waals surface area contributed by atoms with Gasteiger partial charge in [-0.1, -0.05) is 12.2 Å². The molecule has 0 heterocycles. The largest absolute Gasteiger partial charge is 0.352 e. The molecule has 0 aromatic carbocycles. The number of rotatable bonds is 5. The van der Waals surface area contributed by atoms with E-state index in [2.05, 4.69) is 5.32 Å². The van der Waals surface area contributed by atoms with Crippen molar-refractivity contribution >= 4 is 5.91 Å². The average molecular weight is 193 g/mol. The van der Waals surface area contributed by atoms with Gasteiger partial charge in [-0.05, 0) is 0 Å². The zero-order chi connectivity index (χ0) is 10.3. The first-order chi connectivity index (χ1) is 6.07. The van der Waals surface area contributed by atoms with Crippen LogP contribution in [-0.2, 0) is 4.79 Å². The van der Waals surface area contributed by atoms with E-state index >= 15 is 0 Å². The molecule has 13 heavy (non-hydrogen) atoms. The minimum absolute atomic E-state index is 0.116.